The van der Waals surface area contributed by atoms with E-state index in [9.17, 15) is 13.2 Å². The number of carboxylic acids is 1. The zero-order valence-corrected chi connectivity index (χ0v) is 13.0. The molecule has 2 rings (SSSR count). The first-order valence-electron chi connectivity index (χ1n) is 6.73. The van der Waals surface area contributed by atoms with Crippen molar-refractivity contribution in [2.75, 3.05) is 6.54 Å². The van der Waals surface area contributed by atoms with E-state index in [-0.39, 0.29) is 9.09 Å². The number of sulfonamides is 1. The Morgan fingerprint density at radius 2 is 2.05 bits per heavy atom. The lowest BCUT2D eigenvalue weighted by Crippen LogP contribution is -2.29. The normalized spacial score (nSPS) is 17.2. The van der Waals surface area contributed by atoms with Gasteiger partial charge in [-0.05, 0) is 37.3 Å². The van der Waals surface area contributed by atoms with Crippen LogP contribution >= 0.6 is 11.3 Å². The van der Waals surface area contributed by atoms with Gasteiger partial charge in [-0.25, -0.2) is 17.9 Å². The smallest absolute Gasteiger partial charge is 0.346 e. The second kappa shape index (κ2) is 6.24. The molecule has 0 aromatic carbocycles. The molecule has 0 radical (unpaired) electrons. The van der Waals surface area contributed by atoms with Gasteiger partial charge in [0.05, 0.1) is 0 Å². The van der Waals surface area contributed by atoms with E-state index in [2.05, 4.69) is 4.72 Å². The Hall–Kier alpha value is -0.920. The van der Waals surface area contributed by atoms with Gasteiger partial charge in [0.25, 0.3) is 0 Å². The molecule has 20 heavy (non-hydrogen) atoms. The van der Waals surface area contributed by atoms with Crippen molar-refractivity contribution in [3.63, 3.8) is 0 Å². The Bertz CT molecular complexity index is 586. The number of nitrogens with one attached hydrogen (secondary N) is 1. The molecule has 1 heterocycles. The summed E-state index contributed by atoms with van der Waals surface area (Å²) in [5.41, 5.74) is 0.487. The molecule has 5 nitrogen and oxygen atoms in total. The monoisotopic (exact) mass is 317 g/mol. The highest BCUT2D eigenvalue weighted by Gasteiger charge is 2.23. The highest BCUT2D eigenvalue weighted by molar-refractivity contribution is 7.91. The highest BCUT2D eigenvalue weighted by atomic mass is 32.2. The molecule has 1 aromatic rings. The molecule has 1 aliphatic rings. The van der Waals surface area contributed by atoms with Crippen molar-refractivity contribution in [3.05, 3.63) is 16.5 Å². The van der Waals surface area contributed by atoms with Gasteiger partial charge in [-0.3, -0.25) is 0 Å². The van der Waals surface area contributed by atoms with E-state index in [4.69, 9.17) is 5.11 Å². The Morgan fingerprint density at radius 3 is 2.60 bits per heavy atom. The van der Waals surface area contributed by atoms with Crippen LogP contribution in [-0.4, -0.2) is 26.0 Å². The molecule has 112 valence electrons. The fourth-order valence-electron chi connectivity index (χ4n) is 2.49. The molecular formula is C13H19NO4S2. The summed E-state index contributed by atoms with van der Waals surface area (Å²) in [6.45, 7) is 2.06. The Labute approximate surface area is 123 Å². The fraction of sp³-hybridized carbons (Fsp3) is 0.615. The van der Waals surface area contributed by atoms with Gasteiger partial charge in [0.15, 0.2) is 0 Å². The largest absolute Gasteiger partial charge is 0.477 e. The maximum Gasteiger partial charge on any atom is 0.346 e. The molecule has 1 saturated carbocycles. The molecule has 1 aromatic heterocycles. The molecule has 0 bridgehead atoms. The molecular weight excluding hydrogens is 298 g/mol. The number of carbonyl (C=O) groups is 1. The van der Waals surface area contributed by atoms with E-state index < -0.39 is 16.0 Å². The summed E-state index contributed by atoms with van der Waals surface area (Å²) >= 11 is 0.811. The Kier molecular flexibility index (Phi) is 4.82. The Balaban J connectivity index is 2.06. The van der Waals surface area contributed by atoms with Gasteiger partial charge in [-0.1, -0.05) is 19.3 Å². The molecule has 0 aliphatic heterocycles. The van der Waals surface area contributed by atoms with Gasteiger partial charge in [0, 0.05) is 6.54 Å². The van der Waals surface area contributed by atoms with E-state index in [1.54, 1.807) is 6.92 Å². The van der Waals surface area contributed by atoms with Crippen LogP contribution in [0.2, 0.25) is 0 Å². The molecule has 1 aliphatic carbocycles. The molecule has 0 unspecified atom stereocenters. The third kappa shape index (κ3) is 3.59. The third-order valence-electron chi connectivity index (χ3n) is 3.64. The van der Waals surface area contributed by atoms with Gasteiger partial charge in [0.2, 0.25) is 10.0 Å². The first kappa shape index (κ1) is 15.5. The van der Waals surface area contributed by atoms with E-state index in [1.165, 1.54) is 12.5 Å². The first-order chi connectivity index (χ1) is 9.40. The average molecular weight is 317 g/mol. The van der Waals surface area contributed by atoms with Crippen molar-refractivity contribution in [2.24, 2.45) is 5.92 Å². The lowest BCUT2D eigenvalue weighted by atomic mass is 9.90. The maximum absolute atomic E-state index is 12.2. The van der Waals surface area contributed by atoms with E-state index >= 15 is 0 Å². The number of rotatable bonds is 5. The second-order valence-corrected chi connectivity index (χ2v) is 8.28. The average Bonchev–Trinajstić information content (AvgIpc) is 2.81. The zero-order valence-electron chi connectivity index (χ0n) is 11.4. The van der Waals surface area contributed by atoms with Crippen LogP contribution in [0.3, 0.4) is 0 Å². The summed E-state index contributed by atoms with van der Waals surface area (Å²) in [5, 5.41) is 8.97. The van der Waals surface area contributed by atoms with Crippen molar-refractivity contribution >= 4 is 27.3 Å². The number of hydrogen-bond donors (Lipinski definition) is 2. The van der Waals surface area contributed by atoms with Crippen LogP contribution in [0.25, 0.3) is 0 Å². The number of aryl methyl sites for hydroxylation is 1. The van der Waals surface area contributed by atoms with Crippen molar-refractivity contribution in [2.45, 2.75) is 43.2 Å². The van der Waals surface area contributed by atoms with Gasteiger partial charge < -0.3 is 5.11 Å². The number of aromatic carboxylic acids is 1. The lowest BCUT2D eigenvalue weighted by Gasteiger charge is -2.21. The molecule has 0 atom stereocenters. The predicted molar refractivity (Wildman–Crippen MR) is 77.8 cm³/mol. The van der Waals surface area contributed by atoms with Crippen LogP contribution in [0.5, 0.6) is 0 Å². The quantitative estimate of drug-likeness (QED) is 0.874. The molecule has 7 heteroatoms. The molecule has 0 saturated heterocycles. The summed E-state index contributed by atoms with van der Waals surface area (Å²) in [6, 6.07) is 1.43. The SMILES string of the molecule is Cc1cc(S(=O)(=O)NCC2CCCCC2)sc1C(=O)O. The van der Waals surface area contributed by atoms with Crippen molar-refractivity contribution in [3.8, 4) is 0 Å². The minimum atomic E-state index is -3.59. The molecule has 2 N–H and O–H groups in total. The van der Waals surface area contributed by atoms with Crippen LogP contribution in [0.4, 0.5) is 0 Å². The summed E-state index contributed by atoms with van der Waals surface area (Å²) in [6.07, 6.45) is 5.68. The molecule has 0 spiro atoms. The van der Waals surface area contributed by atoms with Crippen molar-refractivity contribution in [1.82, 2.24) is 4.72 Å². The minimum Gasteiger partial charge on any atom is -0.477 e. The Morgan fingerprint density at radius 1 is 1.40 bits per heavy atom. The number of thiophene rings is 1. The summed E-state index contributed by atoms with van der Waals surface area (Å²) in [4.78, 5) is 11.0. The van der Waals surface area contributed by atoms with E-state index in [1.807, 2.05) is 0 Å². The van der Waals surface area contributed by atoms with Crippen LogP contribution in [0.1, 0.15) is 47.3 Å². The summed E-state index contributed by atoms with van der Waals surface area (Å²) in [5.74, 6) is -0.681. The third-order valence-corrected chi connectivity index (χ3v) is 6.76. The van der Waals surface area contributed by atoms with E-state index in [0.717, 1.165) is 37.0 Å². The highest BCUT2D eigenvalue weighted by Crippen LogP contribution is 2.27. The van der Waals surface area contributed by atoms with Crippen LogP contribution in [0.15, 0.2) is 10.3 Å². The standard InChI is InChI=1S/C13H19NO4S2/c1-9-7-11(19-12(9)13(15)16)20(17,18)14-8-10-5-3-2-4-6-10/h7,10,14H,2-6,8H2,1H3,(H,15,16). The summed E-state index contributed by atoms with van der Waals surface area (Å²) in [7, 11) is -3.59. The van der Waals surface area contributed by atoms with Gasteiger partial charge in [-0.15, -0.1) is 11.3 Å². The zero-order chi connectivity index (χ0) is 14.8. The van der Waals surface area contributed by atoms with Gasteiger partial charge in [-0.2, -0.15) is 0 Å². The molecule has 1 fully saturated rings. The topological polar surface area (TPSA) is 83.5 Å². The fourth-order valence-corrected chi connectivity index (χ4v) is 5.03. The van der Waals surface area contributed by atoms with Crippen LogP contribution < -0.4 is 4.72 Å². The van der Waals surface area contributed by atoms with Crippen LogP contribution in [0, 0.1) is 12.8 Å². The van der Waals surface area contributed by atoms with Gasteiger partial charge >= 0.3 is 5.97 Å². The van der Waals surface area contributed by atoms with Crippen molar-refractivity contribution in [1.29, 1.82) is 0 Å². The lowest BCUT2D eigenvalue weighted by molar-refractivity contribution is 0.0701. The second-order valence-electron chi connectivity index (χ2n) is 5.24. The number of carboxylic acid groups (broad SMARTS) is 1. The van der Waals surface area contributed by atoms with Crippen LogP contribution in [-0.2, 0) is 10.0 Å². The van der Waals surface area contributed by atoms with E-state index in [0.29, 0.717) is 18.0 Å². The summed E-state index contributed by atoms with van der Waals surface area (Å²) < 4.78 is 27.0. The minimum absolute atomic E-state index is 0.0861. The number of hydrogen-bond acceptors (Lipinski definition) is 4. The van der Waals surface area contributed by atoms with Crippen molar-refractivity contribution < 1.29 is 18.3 Å². The molecule has 0 amide bonds. The van der Waals surface area contributed by atoms with Gasteiger partial charge in [0.1, 0.15) is 9.09 Å². The maximum atomic E-state index is 12.2. The predicted octanol–water partition coefficient (Wildman–Crippen LogP) is 2.61. The first-order valence-corrected chi connectivity index (χ1v) is 9.03.